The Balaban J connectivity index is 1.58. The highest BCUT2D eigenvalue weighted by atomic mass is 14.9. The fourth-order valence-electron chi connectivity index (χ4n) is 5.41. The Bertz CT molecular complexity index is 569. The molecule has 0 spiro atoms. The lowest BCUT2D eigenvalue weighted by molar-refractivity contribution is -0.00528. The van der Waals surface area contributed by atoms with Gasteiger partial charge in [-0.2, -0.15) is 0 Å². The third kappa shape index (κ3) is 1.44. The van der Waals surface area contributed by atoms with Crippen molar-refractivity contribution in [3.8, 4) is 0 Å². The minimum absolute atomic E-state index is 0.695. The predicted molar refractivity (Wildman–Crippen MR) is 73.7 cm³/mol. The van der Waals surface area contributed by atoms with Crippen LogP contribution in [0.2, 0.25) is 0 Å². The summed E-state index contributed by atoms with van der Waals surface area (Å²) in [7, 11) is 0. The highest BCUT2D eigenvalue weighted by Gasteiger charge is 2.49. The van der Waals surface area contributed by atoms with E-state index in [2.05, 4.69) is 9.97 Å². The first-order chi connectivity index (χ1) is 9.37. The van der Waals surface area contributed by atoms with Gasteiger partial charge in [-0.05, 0) is 61.8 Å². The number of nitrogens with one attached hydrogen (secondary N) is 1. The summed E-state index contributed by atoms with van der Waals surface area (Å²) < 4.78 is 0. The molecule has 2 aromatic heterocycles. The predicted octanol–water partition coefficient (Wildman–Crippen LogP) is 3.50. The van der Waals surface area contributed by atoms with E-state index in [0.29, 0.717) is 5.92 Å². The molecule has 98 valence electrons. The van der Waals surface area contributed by atoms with E-state index >= 15 is 0 Å². The Hall–Kier alpha value is -1.38. The first kappa shape index (κ1) is 10.4. The smallest absolute Gasteiger partial charge is 0.110 e. The van der Waals surface area contributed by atoms with Crippen LogP contribution in [0, 0.1) is 23.7 Å². The number of fused-ring (bicyclic) bond motifs is 1. The first-order valence-electron chi connectivity index (χ1n) is 7.66. The van der Waals surface area contributed by atoms with Crippen LogP contribution in [0.3, 0.4) is 0 Å². The van der Waals surface area contributed by atoms with Gasteiger partial charge < -0.3 is 4.98 Å². The number of rotatable bonds is 1. The van der Waals surface area contributed by atoms with Gasteiger partial charge in [0.2, 0.25) is 0 Å². The van der Waals surface area contributed by atoms with Gasteiger partial charge in [0.1, 0.15) is 5.82 Å². The number of H-pyrrole nitrogens is 1. The molecule has 2 aromatic rings. The van der Waals surface area contributed by atoms with Crippen LogP contribution >= 0.6 is 0 Å². The number of aromatic nitrogens is 3. The van der Waals surface area contributed by atoms with Crippen molar-refractivity contribution in [1.29, 1.82) is 0 Å². The normalized spacial score (nSPS) is 40.1. The van der Waals surface area contributed by atoms with Crippen LogP contribution in [0.15, 0.2) is 18.5 Å². The topological polar surface area (TPSA) is 41.6 Å². The second kappa shape index (κ2) is 3.59. The van der Waals surface area contributed by atoms with Gasteiger partial charge in [0, 0.05) is 12.1 Å². The van der Waals surface area contributed by atoms with Crippen molar-refractivity contribution in [2.75, 3.05) is 0 Å². The molecule has 4 fully saturated rings. The summed E-state index contributed by atoms with van der Waals surface area (Å²) in [4.78, 5) is 12.6. The minimum atomic E-state index is 0.695. The lowest BCUT2D eigenvalue weighted by atomic mass is 9.52. The molecule has 0 unspecified atom stereocenters. The molecular weight excluding hydrogens is 234 g/mol. The van der Waals surface area contributed by atoms with Gasteiger partial charge >= 0.3 is 0 Å². The lowest BCUT2D eigenvalue weighted by Gasteiger charge is -2.53. The molecule has 19 heavy (non-hydrogen) atoms. The molecule has 4 bridgehead atoms. The van der Waals surface area contributed by atoms with E-state index in [9.17, 15) is 0 Å². The third-order valence-electron chi connectivity index (χ3n) is 5.84. The van der Waals surface area contributed by atoms with Crippen molar-refractivity contribution in [2.45, 2.75) is 38.0 Å². The largest absolute Gasteiger partial charge is 0.340 e. The summed E-state index contributed by atoms with van der Waals surface area (Å²) in [5.74, 6) is 5.79. The van der Waals surface area contributed by atoms with Gasteiger partial charge in [0.05, 0.1) is 17.2 Å². The molecule has 0 amide bonds. The monoisotopic (exact) mass is 253 g/mol. The molecule has 2 heterocycles. The summed E-state index contributed by atoms with van der Waals surface area (Å²) in [6, 6.07) is 2.02. The van der Waals surface area contributed by atoms with Crippen molar-refractivity contribution in [3.05, 3.63) is 24.3 Å². The van der Waals surface area contributed by atoms with E-state index in [1.165, 1.54) is 37.9 Å². The Morgan fingerprint density at radius 2 is 1.74 bits per heavy atom. The average Bonchev–Trinajstić information content (AvgIpc) is 2.80. The number of hydrogen-bond donors (Lipinski definition) is 1. The lowest BCUT2D eigenvalue weighted by Crippen LogP contribution is -2.44. The summed E-state index contributed by atoms with van der Waals surface area (Å²) in [5.41, 5.74) is 2.19. The molecule has 6 rings (SSSR count). The number of nitrogens with zero attached hydrogens (tertiary/aromatic N) is 2. The second-order valence-electron chi connectivity index (χ2n) is 6.97. The molecule has 4 aliphatic carbocycles. The molecule has 0 aliphatic heterocycles. The standard InChI is InChI=1S/C16H19N3/c1-2-17-8-14-13(1)18-16(19-14)15-11-4-9-3-10(6-11)7-12(15)5-9/h1-2,8-12,15H,3-7H2,(H,18,19). The van der Waals surface area contributed by atoms with E-state index < -0.39 is 0 Å². The van der Waals surface area contributed by atoms with Gasteiger partial charge in [-0.1, -0.05) is 0 Å². The molecule has 0 radical (unpaired) electrons. The van der Waals surface area contributed by atoms with Crippen LogP contribution in [-0.2, 0) is 0 Å². The zero-order chi connectivity index (χ0) is 12.4. The van der Waals surface area contributed by atoms with Gasteiger partial charge in [0.25, 0.3) is 0 Å². The molecule has 3 heteroatoms. The fourth-order valence-corrected chi connectivity index (χ4v) is 5.41. The average molecular weight is 253 g/mol. The van der Waals surface area contributed by atoms with Gasteiger partial charge in [-0.25, -0.2) is 4.98 Å². The Kier molecular flexibility index (Phi) is 1.97. The van der Waals surface area contributed by atoms with Crippen LogP contribution < -0.4 is 0 Å². The molecule has 3 nitrogen and oxygen atoms in total. The van der Waals surface area contributed by atoms with Crippen molar-refractivity contribution in [1.82, 2.24) is 15.0 Å². The van der Waals surface area contributed by atoms with Crippen molar-refractivity contribution >= 4 is 11.0 Å². The van der Waals surface area contributed by atoms with Gasteiger partial charge in [-0.15, -0.1) is 0 Å². The Morgan fingerprint density at radius 3 is 2.42 bits per heavy atom. The number of hydrogen-bond acceptors (Lipinski definition) is 2. The van der Waals surface area contributed by atoms with Crippen molar-refractivity contribution in [3.63, 3.8) is 0 Å². The molecule has 0 atom stereocenters. The van der Waals surface area contributed by atoms with E-state index in [4.69, 9.17) is 4.98 Å². The van der Waals surface area contributed by atoms with Crippen LogP contribution in [0.1, 0.15) is 43.8 Å². The Morgan fingerprint density at radius 1 is 1.00 bits per heavy atom. The van der Waals surface area contributed by atoms with Gasteiger partial charge in [-0.3, -0.25) is 4.98 Å². The second-order valence-corrected chi connectivity index (χ2v) is 6.97. The number of pyridine rings is 1. The molecule has 0 aromatic carbocycles. The maximum atomic E-state index is 4.86. The maximum Gasteiger partial charge on any atom is 0.110 e. The SMILES string of the molecule is c1cc2nc(C3C4CC5CC(C4)CC3C5)[nH]c2cn1. The maximum absolute atomic E-state index is 4.86. The molecule has 0 saturated heterocycles. The zero-order valence-corrected chi connectivity index (χ0v) is 11.0. The summed E-state index contributed by atoms with van der Waals surface area (Å²) in [6.45, 7) is 0. The van der Waals surface area contributed by atoms with E-state index in [1.54, 1.807) is 0 Å². The third-order valence-corrected chi connectivity index (χ3v) is 5.84. The summed E-state index contributed by atoms with van der Waals surface area (Å²) in [5, 5.41) is 0. The molecular formula is C16H19N3. The summed E-state index contributed by atoms with van der Waals surface area (Å²) in [6.07, 6.45) is 11.1. The van der Waals surface area contributed by atoms with E-state index in [-0.39, 0.29) is 0 Å². The Labute approximate surface area is 112 Å². The number of imidazole rings is 1. The molecule has 4 saturated carbocycles. The van der Waals surface area contributed by atoms with E-state index in [1.807, 2.05) is 18.5 Å². The van der Waals surface area contributed by atoms with E-state index in [0.717, 1.165) is 34.7 Å². The van der Waals surface area contributed by atoms with Gasteiger partial charge in [0.15, 0.2) is 0 Å². The summed E-state index contributed by atoms with van der Waals surface area (Å²) >= 11 is 0. The fraction of sp³-hybridized carbons (Fsp3) is 0.625. The minimum Gasteiger partial charge on any atom is -0.340 e. The highest BCUT2D eigenvalue weighted by molar-refractivity contribution is 5.73. The van der Waals surface area contributed by atoms with Crippen molar-refractivity contribution < 1.29 is 0 Å². The molecule has 1 N–H and O–H groups in total. The van der Waals surface area contributed by atoms with Crippen LogP contribution in [-0.4, -0.2) is 15.0 Å². The van der Waals surface area contributed by atoms with Crippen LogP contribution in [0.25, 0.3) is 11.0 Å². The van der Waals surface area contributed by atoms with Crippen molar-refractivity contribution in [2.24, 2.45) is 23.7 Å². The van der Waals surface area contributed by atoms with Crippen LogP contribution in [0.4, 0.5) is 0 Å². The number of aromatic amines is 1. The van der Waals surface area contributed by atoms with Crippen LogP contribution in [0.5, 0.6) is 0 Å². The molecule has 4 aliphatic rings. The zero-order valence-electron chi connectivity index (χ0n) is 11.0. The highest BCUT2D eigenvalue weighted by Crippen LogP contribution is 2.59. The quantitative estimate of drug-likeness (QED) is 0.845. The first-order valence-corrected chi connectivity index (χ1v) is 7.66.